The van der Waals surface area contributed by atoms with E-state index in [1.807, 2.05) is 0 Å². The van der Waals surface area contributed by atoms with Crippen LogP contribution in [0, 0.1) is 0 Å². The van der Waals surface area contributed by atoms with Gasteiger partial charge in [-0.25, -0.2) is 8.42 Å². The normalized spacial score (nSPS) is 19.2. The van der Waals surface area contributed by atoms with Gasteiger partial charge in [0.25, 0.3) is 0 Å². The predicted molar refractivity (Wildman–Crippen MR) is 73.2 cm³/mol. The van der Waals surface area contributed by atoms with Crippen LogP contribution in [-0.4, -0.2) is 38.2 Å². The lowest BCUT2D eigenvalue weighted by atomic mass is 10.1. The number of sulfone groups is 1. The molecule has 1 heterocycles. The highest BCUT2D eigenvalue weighted by Crippen LogP contribution is 2.23. The van der Waals surface area contributed by atoms with Crippen LogP contribution in [0.1, 0.15) is 18.4 Å². The maximum atomic E-state index is 11.3. The number of ether oxygens (including phenoxy) is 1. The molecule has 0 amide bonds. The SMILES string of the molecule is COc1ccc(CNC2CCS(=O)(=O)CC2)c(O)c1. The lowest BCUT2D eigenvalue weighted by Crippen LogP contribution is -2.37. The van der Waals surface area contributed by atoms with Crippen LogP contribution in [0.3, 0.4) is 0 Å². The smallest absolute Gasteiger partial charge is 0.150 e. The Balaban J connectivity index is 1.89. The zero-order chi connectivity index (χ0) is 13.9. The van der Waals surface area contributed by atoms with E-state index in [4.69, 9.17) is 4.74 Å². The third kappa shape index (κ3) is 3.84. The van der Waals surface area contributed by atoms with Crippen LogP contribution in [-0.2, 0) is 16.4 Å². The number of benzene rings is 1. The summed E-state index contributed by atoms with van der Waals surface area (Å²) in [5.41, 5.74) is 0.786. The van der Waals surface area contributed by atoms with Crippen LogP contribution in [0.25, 0.3) is 0 Å². The Kier molecular flexibility index (Phi) is 4.31. The van der Waals surface area contributed by atoms with Crippen molar-refractivity contribution in [3.8, 4) is 11.5 Å². The molecule has 0 saturated carbocycles. The minimum atomic E-state index is -2.82. The molecular formula is C13H19NO4S. The highest BCUT2D eigenvalue weighted by molar-refractivity contribution is 7.91. The maximum Gasteiger partial charge on any atom is 0.150 e. The maximum absolute atomic E-state index is 11.3. The molecule has 19 heavy (non-hydrogen) atoms. The second-order valence-corrected chi connectivity index (χ2v) is 7.11. The molecule has 0 atom stereocenters. The Morgan fingerprint density at radius 1 is 1.37 bits per heavy atom. The molecule has 0 radical (unpaired) electrons. The molecule has 1 aromatic rings. The van der Waals surface area contributed by atoms with Gasteiger partial charge in [-0.3, -0.25) is 0 Å². The molecule has 0 bridgehead atoms. The molecule has 1 aliphatic rings. The van der Waals surface area contributed by atoms with Crippen LogP contribution in [0.4, 0.5) is 0 Å². The van der Waals surface area contributed by atoms with Crippen molar-refractivity contribution in [3.63, 3.8) is 0 Å². The molecule has 2 rings (SSSR count). The average Bonchev–Trinajstić information content (AvgIpc) is 2.38. The lowest BCUT2D eigenvalue weighted by molar-refractivity contribution is 0.404. The average molecular weight is 285 g/mol. The van der Waals surface area contributed by atoms with Gasteiger partial charge in [0.1, 0.15) is 21.3 Å². The molecule has 1 aliphatic heterocycles. The van der Waals surface area contributed by atoms with Crippen LogP contribution < -0.4 is 10.1 Å². The summed E-state index contributed by atoms with van der Waals surface area (Å²) in [6.07, 6.45) is 1.28. The van der Waals surface area contributed by atoms with Crippen LogP contribution in [0.5, 0.6) is 11.5 Å². The van der Waals surface area contributed by atoms with Gasteiger partial charge in [0, 0.05) is 24.2 Å². The number of aromatic hydroxyl groups is 1. The zero-order valence-corrected chi connectivity index (χ0v) is 11.7. The van der Waals surface area contributed by atoms with E-state index in [1.165, 1.54) is 0 Å². The summed E-state index contributed by atoms with van der Waals surface area (Å²) >= 11 is 0. The zero-order valence-electron chi connectivity index (χ0n) is 10.9. The Morgan fingerprint density at radius 2 is 2.05 bits per heavy atom. The number of phenolic OH excluding ortho intramolecular Hbond substituents is 1. The number of hydrogen-bond donors (Lipinski definition) is 2. The van der Waals surface area contributed by atoms with Gasteiger partial charge >= 0.3 is 0 Å². The first-order valence-electron chi connectivity index (χ1n) is 6.30. The Bertz CT molecular complexity index is 528. The molecular weight excluding hydrogens is 266 g/mol. The predicted octanol–water partition coefficient (Wildman–Crippen LogP) is 1.07. The summed E-state index contributed by atoms with van der Waals surface area (Å²) in [5, 5.41) is 13.1. The molecule has 0 spiro atoms. The standard InChI is InChI=1S/C13H19NO4S/c1-18-12-3-2-10(13(15)8-12)9-14-11-4-6-19(16,17)7-5-11/h2-3,8,11,14-15H,4-7,9H2,1H3. The second kappa shape index (κ2) is 5.79. The first-order chi connectivity index (χ1) is 9.00. The number of hydrogen-bond acceptors (Lipinski definition) is 5. The molecule has 0 aromatic heterocycles. The van der Waals surface area contributed by atoms with Crippen molar-refractivity contribution >= 4 is 9.84 Å². The largest absolute Gasteiger partial charge is 0.507 e. The third-order valence-corrected chi connectivity index (χ3v) is 5.14. The van der Waals surface area contributed by atoms with Crippen molar-refractivity contribution in [2.45, 2.75) is 25.4 Å². The van der Waals surface area contributed by atoms with Crippen LogP contribution in [0.2, 0.25) is 0 Å². The summed E-state index contributed by atoms with van der Waals surface area (Å²) in [6.45, 7) is 0.528. The highest BCUT2D eigenvalue weighted by atomic mass is 32.2. The minimum absolute atomic E-state index is 0.190. The fourth-order valence-electron chi connectivity index (χ4n) is 2.17. The van der Waals surface area contributed by atoms with Gasteiger partial charge in [-0.15, -0.1) is 0 Å². The van der Waals surface area contributed by atoms with E-state index in [1.54, 1.807) is 25.3 Å². The van der Waals surface area contributed by atoms with Crippen molar-refractivity contribution in [2.75, 3.05) is 18.6 Å². The molecule has 0 aliphatic carbocycles. The summed E-state index contributed by atoms with van der Waals surface area (Å²) < 4.78 is 27.6. The van der Waals surface area contributed by atoms with Crippen LogP contribution >= 0.6 is 0 Å². The van der Waals surface area contributed by atoms with Gasteiger partial charge in [0.2, 0.25) is 0 Å². The monoisotopic (exact) mass is 285 g/mol. The Morgan fingerprint density at radius 3 is 2.63 bits per heavy atom. The fourth-order valence-corrected chi connectivity index (χ4v) is 3.66. The quantitative estimate of drug-likeness (QED) is 0.865. The molecule has 6 heteroatoms. The van der Waals surface area contributed by atoms with E-state index in [0.717, 1.165) is 5.56 Å². The molecule has 1 aromatic carbocycles. The minimum Gasteiger partial charge on any atom is -0.507 e. The topological polar surface area (TPSA) is 75.6 Å². The summed E-state index contributed by atoms with van der Waals surface area (Å²) in [4.78, 5) is 0. The van der Waals surface area contributed by atoms with Crippen molar-refractivity contribution in [2.24, 2.45) is 0 Å². The molecule has 0 unspecified atom stereocenters. The van der Waals surface area contributed by atoms with Crippen molar-refractivity contribution in [3.05, 3.63) is 23.8 Å². The van der Waals surface area contributed by atoms with E-state index in [2.05, 4.69) is 5.32 Å². The number of nitrogens with one attached hydrogen (secondary N) is 1. The summed E-state index contributed by atoms with van der Waals surface area (Å²) in [6, 6.07) is 5.37. The first-order valence-corrected chi connectivity index (χ1v) is 8.12. The van der Waals surface area contributed by atoms with E-state index in [-0.39, 0.29) is 23.3 Å². The van der Waals surface area contributed by atoms with Gasteiger partial charge in [-0.1, -0.05) is 6.07 Å². The van der Waals surface area contributed by atoms with Gasteiger partial charge in [-0.05, 0) is 18.9 Å². The van der Waals surface area contributed by atoms with E-state index in [0.29, 0.717) is 25.1 Å². The molecule has 106 valence electrons. The Hall–Kier alpha value is -1.27. The van der Waals surface area contributed by atoms with Crippen molar-refractivity contribution in [1.82, 2.24) is 5.32 Å². The van der Waals surface area contributed by atoms with Gasteiger partial charge in [0.05, 0.1) is 18.6 Å². The Labute approximate surface area is 113 Å². The van der Waals surface area contributed by atoms with Crippen molar-refractivity contribution < 1.29 is 18.3 Å². The number of rotatable bonds is 4. The van der Waals surface area contributed by atoms with Crippen molar-refractivity contribution in [1.29, 1.82) is 0 Å². The second-order valence-electron chi connectivity index (χ2n) is 4.80. The van der Waals surface area contributed by atoms with Gasteiger partial charge < -0.3 is 15.2 Å². The van der Waals surface area contributed by atoms with E-state index >= 15 is 0 Å². The third-order valence-electron chi connectivity index (χ3n) is 3.43. The van der Waals surface area contributed by atoms with Crippen LogP contribution in [0.15, 0.2) is 18.2 Å². The number of methoxy groups -OCH3 is 1. The summed E-state index contributed by atoms with van der Waals surface area (Å²) in [7, 11) is -1.27. The lowest BCUT2D eigenvalue weighted by Gasteiger charge is -2.23. The molecule has 1 saturated heterocycles. The number of phenols is 1. The molecule has 5 nitrogen and oxygen atoms in total. The highest BCUT2D eigenvalue weighted by Gasteiger charge is 2.23. The van der Waals surface area contributed by atoms with E-state index in [9.17, 15) is 13.5 Å². The molecule has 2 N–H and O–H groups in total. The fraction of sp³-hybridized carbons (Fsp3) is 0.538. The van der Waals surface area contributed by atoms with Gasteiger partial charge in [0.15, 0.2) is 0 Å². The summed E-state index contributed by atoms with van der Waals surface area (Å²) in [5.74, 6) is 1.30. The molecule has 1 fully saturated rings. The van der Waals surface area contributed by atoms with E-state index < -0.39 is 9.84 Å². The van der Waals surface area contributed by atoms with Gasteiger partial charge in [-0.2, -0.15) is 0 Å². The first kappa shape index (κ1) is 14.1.